The molecule has 0 fully saturated rings. The largest absolute Gasteiger partial charge is 0.497 e. The molecule has 1 aromatic rings. The molecule has 94 valence electrons. The average Bonchev–Trinajstić information content (AvgIpc) is 2.28. The number of hydrogen-bond donors (Lipinski definition) is 1. The van der Waals surface area contributed by atoms with Crippen LogP contribution in [0.25, 0.3) is 0 Å². The van der Waals surface area contributed by atoms with Crippen molar-refractivity contribution in [1.29, 1.82) is 0 Å². The Balaban J connectivity index is 2.38. The summed E-state index contributed by atoms with van der Waals surface area (Å²) in [5.41, 5.74) is 0.517. The van der Waals surface area contributed by atoms with E-state index in [9.17, 15) is 5.11 Å². The van der Waals surface area contributed by atoms with Crippen LogP contribution in [0.1, 0.15) is 38.9 Å². The van der Waals surface area contributed by atoms with E-state index in [-0.39, 0.29) is 5.60 Å². The lowest BCUT2D eigenvalue weighted by Gasteiger charge is -2.41. The second-order valence-corrected chi connectivity index (χ2v) is 5.19. The summed E-state index contributed by atoms with van der Waals surface area (Å²) in [6.07, 6.45) is 0.131. The minimum absolute atomic E-state index is 0.305. The lowest BCUT2D eigenvalue weighted by Crippen LogP contribution is -2.42. The molecule has 17 heavy (non-hydrogen) atoms. The van der Waals surface area contributed by atoms with Crippen LogP contribution in [0.5, 0.6) is 11.5 Å². The van der Waals surface area contributed by atoms with E-state index in [1.54, 1.807) is 7.11 Å². The van der Waals surface area contributed by atoms with Gasteiger partial charge in [0.25, 0.3) is 0 Å². The topological polar surface area (TPSA) is 38.7 Å². The summed E-state index contributed by atoms with van der Waals surface area (Å²) in [7, 11) is 1.62. The lowest BCUT2D eigenvalue weighted by molar-refractivity contribution is -0.0322. The van der Waals surface area contributed by atoms with E-state index >= 15 is 0 Å². The van der Waals surface area contributed by atoms with E-state index in [1.165, 1.54) is 0 Å². The first kappa shape index (κ1) is 12.2. The molecule has 0 radical (unpaired) electrons. The maximum atomic E-state index is 10.2. The molecule has 1 heterocycles. The minimum atomic E-state index is -0.485. The van der Waals surface area contributed by atoms with Gasteiger partial charge < -0.3 is 14.6 Å². The van der Waals surface area contributed by atoms with E-state index in [4.69, 9.17) is 9.47 Å². The van der Waals surface area contributed by atoms with E-state index < -0.39 is 6.10 Å². The number of hydrogen-bond acceptors (Lipinski definition) is 3. The monoisotopic (exact) mass is 236 g/mol. The van der Waals surface area contributed by atoms with Crippen molar-refractivity contribution in [2.45, 2.75) is 38.9 Å². The summed E-state index contributed by atoms with van der Waals surface area (Å²) in [6.45, 7) is 6.27. The highest BCUT2D eigenvalue weighted by Gasteiger charge is 2.39. The average molecular weight is 236 g/mol. The minimum Gasteiger partial charge on any atom is -0.497 e. The fraction of sp³-hybridized carbons (Fsp3) is 0.571. The number of aliphatic hydroxyl groups is 1. The summed E-state index contributed by atoms with van der Waals surface area (Å²) < 4.78 is 11.2. The molecule has 2 rings (SSSR count). The molecule has 0 spiro atoms. The van der Waals surface area contributed by atoms with Crippen LogP contribution in [0.3, 0.4) is 0 Å². The quantitative estimate of drug-likeness (QED) is 0.858. The molecule has 1 N–H and O–H groups in total. The van der Waals surface area contributed by atoms with Crippen molar-refractivity contribution < 1.29 is 14.6 Å². The maximum Gasteiger partial charge on any atom is 0.126 e. The van der Waals surface area contributed by atoms with Crippen molar-refractivity contribution >= 4 is 0 Å². The first-order valence-corrected chi connectivity index (χ1v) is 6.01. The molecule has 1 aliphatic heterocycles. The van der Waals surface area contributed by atoms with Crippen molar-refractivity contribution in [2.24, 2.45) is 5.92 Å². The molecule has 0 saturated carbocycles. The van der Waals surface area contributed by atoms with Crippen LogP contribution >= 0.6 is 0 Å². The summed E-state index contributed by atoms with van der Waals surface area (Å²) in [5, 5.41) is 10.2. The molecule has 1 aliphatic rings. The van der Waals surface area contributed by atoms with Crippen molar-refractivity contribution in [3.8, 4) is 11.5 Å². The zero-order chi connectivity index (χ0) is 12.6. The van der Waals surface area contributed by atoms with E-state index in [2.05, 4.69) is 13.8 Å². The fourth-order valence-corrected chi connectivity index (χ4v) is 2.15. The number of benzene rings is 1. The van der Waals surface area contributed by atoms with Crippen LogP contribution in [-0.4, -0.2) is 17.8 Å². The number of aliphatic hydroxyl groups excluding tert-OH is 1. The molecule has 0 bridgehead atoms. The Labute approximate surface area is 102 Å². The summed E-state index contributed by atoms with van der Waals surface area (Å²) in [6, 6.07) is 5.58. The second-order valence-electron chi connectivity index (χ2n) is 5.19. The van der Waals surface area contributed by atoms with E-state index in [1.807, 2.05) is 25.1 Å². The van der Waals surface area contributed by atoms with Crippen molar-refractivity contribution in [2.75, 3.05) is 7.11 Å². The Bertz CT molecular complexity index is 414. The Morgan fingerprint density at radius 1 is 1.47 bits per heavy atom. The Morgan fingerprint density at radius 2 is 2.18 bits per heavy atom. The first-order chi connectivity index (χ1) is 7.96. The van der Waals surface area contributed by atoms with Gasteiger partial charge in [0.05, 0.1) is 13.2 Å². The van der Waals surface area contributed by atoms with Gasteiger partial charge in [0.1, 0.15) is 17.1 Å². The molecule has 1 aromatic carbocycles. The summed E-state index contributed by atoms with van der Waals surface area (Å²) in [4.78, 5) is 0. The van der Waals surface area contributed by atoms with E-state index in [0.29, 0.717) is 12.3 Å². The third-order valence-electron chi connectivity index (χ3n) is 3.74. The SMILES string of the molecule is COc1ccc2c(c1)C(O)CC(C)(C(C)C)O2. The summed E-state index contributed by atoms with van der Waals surface area (Å²) in [5.74, 6) is 1.87. The van der Waals surface area contributed by atoms with Gasteiger partial charge in [-0.15, -0.1) is 0 Å². The van der Waals surface area contributed by atoms with Gasteiger partial charge in [-0.3, -0.25) is 0 Å². The smallest absolute Gasteiger partial charge is 0.126 e. The molecule has 0 aliphatic carbocycles. The van der Waals surface area contributed by atoms with Crippen LogP contribution in [0.2, 0.25) is 0 Å². The normalized spacial score (nSPS) is 27.5. The first-order valence-electron chi connectivity index (χ1n) is 6.01. The van der Waals surface area contributed by atoms with Crippen LogP contribution in [0.4, 0.5) is 0 Å². The van der Waals surface area contributed by atoms with Crippen LogP contribution in [-0.2, 0) is 0 Å². The Hall–Kier alpha value is -1.22. The van der Waals surface area contributed by atoms with Gasteiger partial charge in [0.2, 0.25) is 0 Å². The highest BCUT2D eigenvalue weighted by Crippen LogP contribution is 2.43. The molecule has 2 unspecified atom stereocenters. The Morgan fingerprint density at radius 3 is 2.76 bits per heavy atom. The molecule has 0 aromatic heterocycles. The zero-order valence-electron chi connectivity index (χ0n) is 10.9. The Kier molecular flexibility index (Phi) is 3.04. The number of rotatable bonds is 2. The van der Waals surface area contributed by atoms with Gasteiger partial charge in [0.15, 0.2) is 0 Å². The number of fused-ring (bicyclic) bond motifs is 1. The predicted octanol–water partition coefficient (Wildman–Crippen LogP) is 2.93. The van der Waals surface area contributed by atoms with Crippen molar-refractivity contribution in [3.63, 3.8) is 0 Å². The standard InChI is InChI=1S/C14H20O3/c1-9(2)14(3)8-12(15)11-7-10(16-4)5-6-13(11)17-14/h5-7,9,12,15H,8H2,1-4H3. The molecule has 0 saturated heterocycles. The molecule has 3 nitrogen and oxygen atoms in total. The maximum absolute atomic E-state index is 10.2. The molecule has 2 atom stereocenters. The lowest BCUT2D eigenvalue weighted by atomic mass is 9.82. The van der Waals surface area contributed by atoms with E-state index in [0.717, 1.165) is 17.1 Å². The van der Waals surface area contributed by atoms with Gasteiger partial charge in [-0.1, -0.05) is 13.8 Å². The second kappa shape index (κ2) is 4.22. The van der Waals surface area contributed by atoms with Gasteiger partial charge in [0, 0.05) is 12.0 Å². The van der Waals surface area contributed by atoms with Gasteiger partial charge >= 0.3 is 0 Å². The number of methoxy groups -OCH3 is 1. The van der Waals surface area contributed by atoms with Gasteiger partial charge in [-0.05, 0) is 31.0 Å². The van der Waals surface area contributed by atoms with Crippen molar-refractivity contribution in [1.82, 2.24) is 0 Å². The van der Waals surface area contributed by atoms with Crippen molar-refractivity contribution in [3.05, 3.63) is 23.8 Å². The predicted molar refractivity (Wildman–Crippen MR) is 66.4 cm³/mol. The van der Waals surface area contributed by atoms with Gasteiger partial charge in [-0.2, -0.15) is 0 Å². The number of ether oxygens (including phenoxy) is 2. The zero-order valence-corrected chi connectivity index (χ0v) is 10.9. The third-order valence-corrected chi connectivity index (χ3v) is 3.74. The molecule has 0 amide bonds. The van der Waals surface area contributed by atoms with Crippen LogP contribution in [0, 0.1) is 5.92 Å². The highest BCUT2D eigenvalue weighted by atomic mass is 16.5. The van der Waals surface area contributed by atoms with Gasteiger partial charge in [-0.25, -0.2) is 0 Å². The molecular formula is C14H20O3. The third kappa shape index (κ3) is 2.12. The summed E-state index contributed by atoms with van der Waals surface area (Å²) >= 11 is 0. The highest BCUT2D eigenvalue weighted by molar-refractivity contribution is 5.43. The van der Waals surface area contributed by atoms with Crippen LogP contribution < -0.4 is 9.47 Å². The fourth-order valence-electron chi connectivity index (χ4n) is 2.15. The van der Waals surface area contributed by atoms with Crippen LogP contribution in [0.15, 0.2) is 18.2 Å². The molecular weight excluding hydrogens is 216 g/mol. The molecule has 3 heteroatoms.